The van der Waals surface area contributed by atoms with Crippen LogP contribution in [-0.4, -0.2) is 4.21 Å². The second kappa shape index (κ2) is 6.14. The lowest BCUT2D eigenvalue weighted by Crippen LogP contribution is -2.05. The van der Waals surface area contributed by atoms with E-state index in [2.05, 4.69) is 6.07 Å². The van der Waals surface area contributed by atoms with Crippen LogP contribution in [0.3, 0.4) is 0 Å². The molecule has 0 radical (unpaired) electrons. The van der Waals surface area contributed by atoms with Crippen molar-refractivity contribution in [3.8, 4) is 12.1 Å². The number of nitrogens with zero attached hydrogens (tertiary/aromatic N) is 2. The molecule has 0 aliphatic heterocycles. The van der Waals surface area contributed by atoms with Crippen molar-refractivity contribution in [3.63, 3.8) is 0 Å². The highest BCUT2D eigenvalue weighted by molar-refractivity contribution is 7.85. The summed E-state index contributed by atoms with van der Waals surface area (Å²) < 4.78 is 12.5. The summed E-state index contributed by atoms with van der Waals surface area (Å²) in [6.07, 6.45) is 0. The Hall–Kier alpha value is -2.43. The average molecular weight is 280 g/mol. The van der Waals surface area contributed by atoms with E-state index in [9.17, 15) is 9.47 Å². The first-order valence-electron chi connectivity index (χ1n) is 6.02. The Morgan fingerprint density at radius 3 is 2.10 bits per heavy atom. The molecule has 0 bridgehead atoms. The highest BCUT2D eigenvalue weighted by atomic mass is 32.2. The Balaban J connectivity index is 2.32. The van der Waals surface area contributed by atoms with Crippen molar-refractivity contribution in [1.29, 1.82) is 10.5 Å². The Kier molecular flexibility index (Phi) is 4.30. The summed E-state index contributed by atoms with van der Waals surface area (Å²) in [7, 11) is -1.43. The van der Waals surface area contributed by atoms with Gasteiger partial charge in [0.25, 0.3) is 0 Å². The van der Waals surface area contributed by atoms with Gasteiger partial charge in [-0.2, -0.15) is 10.5 Å². The maximum Gasteiger partial charge on any atom is 0.151 e. The molecular weight excluding hydrogens is 268 g/mol. The molecule has 0 N–H and O–H groups in total. The Labute approximate surface area is 120 Å². The monoisotopic (exact) mass is 280 g/mol. The number of rotatable bonds is 3. The quantitative estimate of drug-likeness (QED) is 0.867. The fourth-order valence-corrected chi connectivity index (χ4v) is 2.96. The maximum atomic E-state index is 12.5. The number of aryl methyl sites for hydroxylation is 1. The molecule has 0 aliphatic rings. The molecule has 2 rings (SSSR count). The van der Waals surface area contributed by atoms with E-state index in [1.54, 1.807) is 36.4 Å². The minimum atomic E-state index is -1.43. The molecule has 98 valence electrons. The largest absolute Gasteiger partial charge is 0.253 e. The van der Waals surface area contributed by atoms with Crippen LogP contribution >= 0.6 is 0 Å². The van der Waals surface area contributed by atoms with E-state index in [1.807, 2.05) is 25.1 Å². The van der Waals surface area contributed by atoms with E-state index in [0.717, 1.165) is 5.56 Å². The van der Waals surface area contributed by atoms with Crippen molar-refractivity contribution in [3.05, 3.63) is 65.2 Å². The summed E-state index contributed by atoms with van der Waals surface area (Å²) >= 11 is 0. The molecule has 0 aliphatic carbocycles. The summed E-state index contributed by atoms with van der Waals surface area (Å²) in [6.45, 7) is 1.95. The van der Waals surface area contributed by atoms with E-state index in [1.165, 1.54) is 0 Å². The highest BCUT2D eigenvalue weighted by Crippen LogP contribution is 2.25. The van der Waals surface area contributed by atoms with Crippen LogP contribution in [0.4, 0.5) is 0 Å². The standard InChI is InChI=1S/C16H12N2OS/c1-12-2-8-15(9-3-12)20(19)16(11-18)14-6-4-13(10-17)5-7-14/h2-9,16H,1H3. The number of nitriles is 2. The Morgan fingerprint density at radius 2 is 1.60 bits per heavy atom. The smallest absolute Gasteiger partial charge is 0.151 e. The SMILES string of the molecule is Cc1ccc(S(=O)C(C#N)c2ccc(C#N)cc2)cc1. The number of hydrogen-bond acceptors (Lipinski definition) is 3. The molecule has 0 fully saturated rings. The van der Waals surface area contributed by atoms with E-state index >= 15 is 0 Å². The first kappa shape index (κ1) is 14.0. The molecule has 20 heavy (non-hydrogen) atoms. The third-order valence-corrected chi connectivity index (χ3v) is 4.47. The average Bonchev–Trinajstić information content (AvgIpc) is 2.49. The molecular formula is C16H12N2OS. The minimum Gasteiger partial charge on any atom is -0.253 e. The number of benzene rings is 2. The first-order chi connectivity index (χ1) is 9.65. The van der Waals surface area contributed by atoms with Crippen LogP contribution in [0.15, 0.2) is 53.4 Å². The van der Waals surface area contributed by atoms with Gasteiger partial charge in [0.05, 0.1) is 28.5 Å². The third-order valence-electron chi connectivity index (χ3n) is 2.93. The lowest BCUT2D eigenvalue weighted by atomic mass is 10.1. The van der Waals surface area contributed by atoms with Crippen molar-refractivity contribution in [2.75, 3.05) is 0 Å². The van der Waals surface area contributed by atoms with Gasteiger partial charge in [-0.25, -0.2) is 0 Å². The molecule has 0 aromatic heterocycles. The van der Waals surface area contributed by atoms with Gasteiger partial charge in [-0.15, -0.1) is 0 Å². The molecule has 2 unspecified atom stereocenters. The summed E-state index contributed by atoms with van der Waals surface area (Å²) in [5, 5.41) is 17.3. The predicted molar refractivity (Wildman–Crippen MR) is 77.1 cm³/mol. The summed E-state index contributed by atoms with van der Waals surface area (Å²) in [5.74, 6) is 0. The normalized spacial score (nSPS) is 12.9. The van der Waals surface area contributed by atoms with Gasteiger partial charge in [0.15, 0.2) is 5.25 Å². The fourth-order valence-electron chi connectivity index (χ4n) is 1.79. The zero-order valence-electron chi connectivity index (χ0n) is 10.9. The fraction of sp³-hybridized carbons (Fsp3) is 0.125. The second-order valence-electron chi connectivity index (χ2n) is 4.35. The van der Waals surface area contributed by atoms with Gasteiger partial charge >= 0.3 is 0 Å². The van der Waals surface area contributed by atoms with Gasteiger partial charge in [0, 0.05) is 4.90 Å². The van der Waals surface area contributed by atoms with E-state index < -0.39 is 16.0 Å². The van der Waals surface area contributed by atoms with Crippen LogP contribution in [0, 0.1) is 29.6 Å². The Morgan fingerprint density at radius 1 is 1.00 bits per heavy atom. The lowest BCUT2D eigenvalue weighted by molar-refractivity contribution is 0.679. The third kappa shape index (κ3) is 2.93. The van der Waals surface area contributed by atoms with Gasteiger partial charge in [-0.1, -0.05) is 29.8 Å². The van der Waals surface area contributed by atoms with Crippen molar-refractivity contribution >= 4 is 10.8 Å². The predicted octanol–water partition coefficient (Wildman–Crippen LogP) is 3.24. The van der Waals surface area contributed by atoms with Crippen LogP contribution in [0.2, 0.25) is 0 Å². The molecule has 0 spiro atoms. The van der Waals surface area contributed by atoms with E-state index in [4.69, 9.17) is 5.26 Å². The van der Waals surface area contributed by atoms with E-state index in [0.29, 0.717) is 16.0 Å². The van der Waals surface area contributed by atoms with Gasteiger partial charge in [0.2, 0.25) is 0 Å². The van der Waals surface area contributed by atoms with Crippen LogP contribution in [0.5, 0.6) is 0 Å². The van der Waals surface area contributed by atoms with Gasteiger partial charge in [-0.3, -0.25) is 4.21 Å². The molecule has 0 heterocycles. The summed E-state index contributed by atoms with van der Waals surface area (Å²) in [6, 6.07) is 18.0. The topological polar surface area (TPSA) is 64.7 Å². The molecule has 2 aromatic rings. The van der Waals surface area contributed by atoms with Crippen LogP contribution in [-0.2, 0) is 10.8 Å². The Bertz CT molecular complexity index is 706. The maximum absolute atomic E-state index is 12.5. The molecule has 2 atom stereocenters. The van der Waals surface area contributed by atoms with Crippen LogP contribution in [0.25, 0.3) is 0 Å². The highest BCUT2D eigenvalue weighted by Gasteiger charge is 2.20. The summed E-state index contributed by atoms with van der Waals surface area (Å²) in [5.41, 5.74) is 2.26. The van der Waals surface area contributed by atoms with E-state index in [-0.39, 0.29) is 0 Å². The summed E-state index contributed by atoms with van der Waals surface area (Å²) in [4.78, 5) is 0.631. The second-order valence-corrected chi connectivity index (χ2v) is 5.89. The van der Waals surface area contributed by atoms with Gasteiger partial charge < -0.3 is 0 Å². The molecule has 2 aromatic carbocycles. The molecule has 0 saturated heterocycles. The molecule has 4 heteroatoms. The lowest BCUT2D eigenvalue weighted by Gasteiger charge is -2.10. The molecule has 0 amide bonds. The van der Waals surface area contributed by atoms with Crippen LogP contribution in [0.1, 0.15) is 21.9 Å². The van der Waals surface area contributed by atoms with Crippen molar-refractivity contribution in [2.24, 2.45) is 0 Å². The first-order valence-corrected chi connectivity index (χ1v) is 7.24. The zero-order valence-corrected chi connectivity index (χ0v) is 11.7. The number of hydrogen-bond donors (Lipinski definition) is 0. The van der Waals surface area contributed by atoms with Crippen LogP contribution < -0.4 is 0 Å². The molecule has 0 saturated carbocycles. The minimum absolute atomic E-state index is 0.520. The van der Waals surface area contributed by atoms with Crippen molar-refractivity contribution < 1.29 is 4.21 Å². The molecule has 3 nitrogen and oxygen atoms in total. The zero-order chi connectivity index (χ0) is 14.5. The van der Waals surface area contributed by atoms with Crippen molar-refractivity contribution in [2.45, 2.75) is 17.1 Å². The van der Waals surface area contributed by atoms with Gasteiger partial charge in [-0.05, 0) is 36.8 Å². The van der Waals surface area contributed by atoms with Gasteiger partial charge in [0.1, 0.15) is 0 Å². The van der Waals surface area contributed by atoms with Crippen molar-refractivity contribution in [1.82, 2.24) is 0 Å².